The molecule has 0 amide bonds. The highest BCUT2D eigenvalue weighted by molar-refractivity contribution is 5.96. The summed E-state index contributed by atoms with van der Waals surface area (Å²) in [5.41, 5.74) is 11.1. The van der Waals surface area contributed by atoms with Gasteiger partial charge in [0.05, 0.1) is 5.56 Å². The highest BCUT2D eigenvalue weighted by Crippen LogP contribution is 2.42. The maximum atomic E-state index is 2.45. The molecule has 1 aromatic heterocycles. The van der Waals surface area contributed by atoms with Crippen molar-refractivity contribution in [2.24, 2.45) is 0 Å². The summed E-state index contributed by atoms with van der Waals surface area (Å²) in [7, 11) is 0. The van der Waals surface area contributed by atoms with Gasteiger partial charge in [-0.25, -0.2) is 0 Å². The summed E-state index contributed by atoms with van der Waals surface area (Å²) < 4.78 is 2.45. The van der Waals surface area contributed by atoms with Crippen LogP contribution in [0, 0.1) is 0 Å². The molecule has 6 aromatic rings. The van der Waals surface area contributed by atoms with Gasteiger partial charge in [0, 0.05) is 17.5 Å². The Balaban J connectivity index is 1.75. The normalized spacial score (nSPS) is 11.0. The van der Waals surface area contributed by atoms with Gasteiger partial charge in [-0.15, -0.1) is 0 Å². The molecule has 0 aliphatic rings. The van der Waals surface area contributed by atoms with Crippen molar-refractivity contribution < 1.29 is 4.57 Å². The predicted molar refractivity (Wildman–Crippen MR) is 152 cm³/mol. The van der Waals surface area contributed by atoms with E-state index in [-0.39, 0.29) is 0 Å². The van der Waals surface area contributed by atoms with E-state index in [0.717, 1.165) is 6.54 Å². The Hall–Kier alpha value is -4.49. The summed E-state index contributed by atoms with van der Waals surface area (Å²) in [4.78, 5) is 0. The third-order valence-corrected chi connectivity index (χ3v) is 6.93. The number of fused-ring (bicyclic) bond motifs is 1. The fourth-order valence-electron chi connectivity index (χ4n) is 5.23. The van der Waals surface area contributed by atoms with Crippen LogP contribution in [0.25, 0.3) is 55.5 Å². The van der Waals surface area contributed by atoms with E-state index in [2.05, 4.69) is 151 Å². The zero-order valence-corrected chi connectivity index (χ0v) is 20.4. The molecule has 0 atom stereocenters. The Morgan fingerprint density at radius 1 is 0.472 bits per heavy atom. The Labute approximate surface area is 213 Å². The van der Waals surface area contributed by atoms with Gasteiger partial charge in [-0.3, -0.25) is 0 Å². The van der Waals surface area contributed by atoms with Gasteiger partial charge < -0.3 is 0 Å². The van der Waals surface area contributed by atoms with Crippen LogP contribution in [0.4, 0.5) is 0 Å². The second-order valence-corrected chi connectivity index (χ2v) is 9.07. The molecule has 0 spiro atoms. The molecule has 0 unspecified atom stereocenters. The number of rotatable bonds is 5. The van der Waals surface area contributed by atoms with Gasteiger partial charge in [0.2, 0.25) is 11.2 Å². The summed E-state index contributed by atoms with van der Waals surface area (Å²) in [6.45, 7) is 3.12. The number of hydrogen-bond acceptors (Lipinski definition) is 0. The molecule has 0 aliphatic heterocycles. The number of nitrogens with zero attached hydrogens (tertiary/aromatic N) is 1. The first kappa shape index (κ1) is 22.0. The average molecular weight is 463 g/mol. The lowest BCUT2D eigenvalue weighted by Crippen LogP contribution is -2.36. The fourth-order valence-corrected chi connectivity index (χ4v) is 5.23. The minimum absolute atomic E-state index is 0.888. The maximum absolute atomic E-state index is 2.45. The predicted octanol–water partition coefficient (Wildman–Crippen LogP) is 8.82. The van der Waals surface area contributed by atoms with Gasteiger partial charge in [-0.05, 0) is 64.6 Å². The summed E-state index contributed by atoms with van der Waals surface area (Å²) in [5.74, 6) is 0. The topological polar surface area (TPSA) is 3.88 Å². The van der Waals surface area contributed by atoms with Crippen LogP contribution in [0.2, 0.25) is 0 Å². The molecule has 5 aromatic carbocycles. The molecule has 1 heteroatoms. The summed E-state index contributed by atoms with van der Waals surface area (Å²) >= 11 is 0. The van der Waals surface area contributed by atoms with E-state index >= 15 is 0 Å². The van der Waals surface area contributed by atoms with E-state index in [4.69, 9.17) is 0 Å². The molecular formula is C35H28N+. The van der Waals surface area contributed by atoms with Crippen molar-refractivity contribution in [2.75, 3.05) is 0 Å². The van der Waals surface area contributed by atoms with Gasteiger partial charge in [0.25, 0.3) is 0 Å². The minimum Gasteiger partial charge on any atom is -0.192 e. The number of para-hydroxylation sites is 1. The molecule has 0 fully saturated rings. The highest BCUT2D eigenvalue weighted by atomic mass is 15.0. The largest absolute Gasteiger partial charge is 0.214 e. The first-order valence-corrected chi connectivity index (χ1v) is 12.6. The Morgan fingerprint density at radius 2 is 0.972 bits per heavy atom. The van der Waals surface area contributed by atoms with Crippen LogP contribution in [0.15, 0.2) is 140 Å². The van der Waals surface area contributed by atoms with Crippen LogP contribution in [-0.4, -0.2) is 0 Å². The molecule has 172 valence electrons. The lowest BCUT2D eigenvalue weighted by molar-refractivity contribution is -0.656. The van der Waals surface area contributed by atoms with Crippen molar-refractivity contribution >= 4 is 10.9 Å². The number of benzene rings is 5. The Morgan fingerprint density at radius 3 is 1.53 bits per heavy atom. The van der Waals surface area contributed by atoms with Crippen LogP contribution in [0.5, 0.6) is 0 Å². The van der Waals surface area contributed by atoms with Crippen LogP contribution < -0.4 is 4.57 Å². The molecule has 0 radical (unpaired) electrons. The standard InChI is InChI=1S/C35H28N/c1-2-36-33-21-13-12-20-29(33)22-23-34(36)35-31(27-16-8-4-9-17-27)24-30(26-14-6-3-7-15-26)25-32(35)28-18-10-5-11-19-28/h3-25H,2H2,1H3/q+1. The zero-order chi connectivity index (χ0) is 24.3. The fraction of sp³-hybridized carbons (Fsp3) is 0.0571. The monoisotopic (exact) mass is 462 g/mol. The molecule has 0 N–H and O–H groups in total. The smallest absolute Gasteiger partial charge is 0.192 e. The maximum Gasteiger partial charge on any atom is 0.214 e. The van der Waals surface area contributed by atoms with E-state index in [1.165, 1.54) is 55.5 Å². The van der Waals surface area contributed by atoms with E-state index < -0.39 is 0 Å². The summed E-state index contributed by atoms with van der Waals surface area (Å²) in [6, 6.07) is 50.2. The van der Waals surface area contributed by atoms with Crippen LogP contribution >= 0.6 is 0 Å². The highest BCUT2D eigenvalue weighted by Gasteiger charge is 2.24. The van der Waals surface area contributed by atoms with E-state index in [0.29, 0.717) is 0 Å². The number of hydrogen-bond donors (Lipinski definition) is 0. The lowest BCUT2D eigenvalue weighted by atomic mass is 9.86. The minimum atomic E-state index is 0.888. The molecule has 0 saturated carbocycles. The van der Waals surface area contributed by atoms with Crippen LogP contribution in [0.3, 0.4) is 0 Å². The van der Waals surface area contributed by atoms with Gasteiger partial charge >= 0.3 is 0 Å². The van der Waals surface area contributed by atoms with Crippen molar-refractivity contribution in [3.8, 4) is 44.6 Å². The molecular weight excluding hydrogens is 434 g/mol. The zero-order valence-electron chi connectivity index (χ0n) is 20.4. The molecule has 1 nitrogen and oxygen atoms in total. The van der Waals surface area contributed by atoms with Crippen molar-refractivity contribution in [3.63, 3.8) is 0 Å². The summed E-state index contributed by atoms with van der Waals surface area (Å²) in [5, 5.41) is 1.26. The van der Waals surface area contributed by atoms with Gasteiger partial charge in [0.1, 0.15) is 6.54 Å². The SMILES string of the molecule is CC[n+]1c(-c2c(-c3ccccc3)cc(-c3ccccc3)cc2-c2ccccc2)ccc2ccccc21. The van der Waals surface area contributed by atoms with Crippen molar-refractivity contribution in [1.82, 2.24) is 0 Å². The quantitative estimate of drug-likeness (QED) is 0.225. The first-order chi connectivity index (χ1) is 17.8. The van der Waals surface area contributed by atoms with E-state index in [9.17, 15) is 0 Å². The second-order valence-electron chi connectivity index (χ2n) is 9.07. The van der Waals surface area contributed by atoms with Crippen molar-refractivity contribution in [1.29, 1.82) is 0 Å². The van der Waals surface area contributed by atoms with Gasteiger partial charge in [-0.2, -0.15) is 4.57 Å². The van der Waals surface area contributed by atoms with Gasteiger partial charge in [-0.1, -0.05) is 103 Å². The Bertz CT molecular complexity index is 1570. The second kappa shape index (κ2) is 9.64. The molecule has 6 rings (SSSR count). The van der Waals surface area contributed by atoms with Crippen LogP contribution in [0.1, 0.15) is 6.92 Å². The molecule has 0 saturated heterocycles. The molecule has 0 aliphatic carbocycles. The third kappa shape index (κ3) is 3.99. The average Bonchev–Trinajstić information content (AvgIpc) is 2.97. The first-order valence-electron chi connectivity index (χ1n) is 12.6. The Kier molecular flexibility index (Phi) is 5.89. The van der Waals surface area contributed by atoms with Crippen LogP contribution in [-0.2, 0) is 6.54 Å². The van der Waals surface area contributed by atoms with E-state index in [1.807, 2.05) is 0 Å². The number of pyridine rings is 1. The molecule has 36 heavy (non-hydrogen) atoms. The summed E-state index contributed by atoms with van der Waals surface area (Å²) in [6.07, 6.45) is 0. The third-order valence-electron chi connectivity index (χ3n) is 6.93. The lowest BCUT2D eigenvalue weighted by Gasteiger charge is -2.18. The van der Waals surface area contributed by atoms with Crippen molar-refractivity contribution in [3.05, 3.63) is 140 Å². The number of aryl methyl sites for hydroxylation is 1. The van der Waals surface area contributed by atoms with E-state index in [1.54, 1.807) is 0 Å². The van der Waals surface area contributed by atoms with Crippen molar-refractivity contribution in [2.45, 2.75) is 13.5 Å². The molecule has 1 heterocycles. The molecule has 0 bridgehead atoms. The number of aromatic nitrogens is 1. The van der Waals surface area contributed by atoms with Gasteiger partial charge in [0.15, 0.2) is 0 Å².